The van der Waals surface area contributed by atoms with Gasteiger partial charge in [-0.25, -0.2) is 9.48 Å². The molecule has 0 saturated carbocycles. The van der Waals surface area contributed by atoms with Crippen molar-refractivity contribution in [1.29, 1.82) is 0 Å². The second-order valence-corrected chi connectivity index (χ2v) is 10.0. The molecule has 196 valence electrons. The zero-order chi connectivity index (χ0) is 26.7. The first-order valence-electron chi connectivity index (χ1n) is 10.9. The number of carboxylic acid groups (broad SMARTS) is 2. The van der Waals surface area contributed by atoms with Gasteiger partial charge in [0.1, 0.15) is 17.6 Å². The number of rotatable bonds is 11. The summed E-state index contributed by atoms with van der Waals surface area (Å²) in [4.78, 5) is 50.4. The van der Waals surface area contributed by atoms with Crippen molar-refractivity contribution in [1.82, 2.24) is 30.4 Å². The van der Waals surface area contributed by atoms with Gasteiger partial charge in [0, 0.05) is 25.2 Å². The molecule has 1 aromatic carbocycles. The molecule has 1 aromatic heterocycles. The van der Waals surface area contributed by atoms with Gasteiger partial charge in [0.25, 0.3) is 11.6 Å². The van der Waals surface area contributed by atoms with E-state index in [1.54, 1.807) is 12.1 Å². The van der Waals surface area contributed by atoms with Crippen LogP contribution in [0.15, 0.2) is 40.7 Å². The highest BCUT2D eigenvalue weighted by Crippen LogP contribution is 2.47. The van der Waals surface area contributed by atoms with Crippen molar-refractivity contribution in [3.05, 3.63) is 46.7 Å². The predicted molar refractivity (Wildman–Crippen MR) is 130 cm³/mol. The molecule has 0 spiro atoms. The molecule has 0 radical (unpaired) electrons. The Morgan fingerprint density at radius 2 is 2.03 bits per heavy atom. The van der Waals surface area contributed by atoms with E-state index < -0.39 is 41.4 Å². The maximum atomic E-state index is 13.3. The van der Waals surface area contributed by atoms with E-state index in [1.165, 1.54) is 18.9 Å². The first-order chi connectivity index (χ1) is 17.7. The minimum absolute atomic E-state index is 0.0300. The van der Waals surface area contributed by atoms with Gasteiger partial charge in [0.05, 0.1) is 6.42 Å². The number of nitrogens with zero attached hydrogens (tertiary/aromatic N) is 5. The van der Waals surface area contributed by atoms with E-state index in [4.69, 9.17) is 15.6 Å². The van der Waals surface area contributed by atoms with E-state index in [-0.39, 0.29) is 35.3 Å². The number of carbonyl (C=O) groups is 4. The Morgan fingerprint density at radius 1 is 1.30 bits per heavy atom. The number of β-lactam (4-membered cyclic amide) rings is 1. The lowest BCUT2D eigenvalue weighted by Crippen LogP contribution is -2.80. The Morgan fingerprint density at radius 3 is 2.68 bits per heavy atom. The van der Waals surface area contributed by atoms with Crippen LogP contribution in [0.25, 0.3) is 0 Å². The number of hydrogen-bond donors (Lipinski definition) is 4. The van der Waals surface area contributed by atoms with Gasteiger partial charge in [0.15, 0.2) is 0 Å². The Balaban J connectivity index is 1.51. The van der Waals surface area contributed by atoms with Crippen LogP contribution in [0.3, 0.4) is 0 Å². The number of benzene rings is 1. The maximum Gasteiger partial charge on any atom is 0.352 e. The molecule has 0 aliphatic carbocycles. The lowest BCUT2D eigenvalue weighted by atomic mass is 9.97. The van der Waals surface area contributed by atoms with E-state index in [9.17, 15) is 24.3 Å². The molecule has 1 fully saturated rings. The van der Waals surface area contributed by atoms with Crippen LogP contribution in [0.2, 0.25) is 0 Å². The van der Waals surface area contributed by atoms with Crippen molar-refractivity contribution in [3.63, 3.8) is 0 Å². The highest BCUT2D eigenvalue weighted by Gasteiger charge is 2.66. The number of fused-ring (bicyclic) bond motifs is 1. The van der Waals surface area contributed by atoms with Crippen LogP contribution < -0.4 is 11.1 Å². The van der Waals surface area contributed by atoms with Crippen molar-refractivity contribution >= 4 is 47.3 Å². The highest BCUT2D eigenvalue weighted by atomic mass is 32.2. The zero-order valence-corrected chi connectivity index (χ0v) is 21.1. The lowest BCUT2D eigenvalue weighted by Gasteiger charge is -2.55. The molecule has 14 nitrogen and oxygen atoms in total. The van der Waals surface area contributed by atoms with Crippen LogP contribution in [-0.4, -0.2) is 88.8 Å². The van der Waals surface area contributed by atoms with Gasteiger partial charge in [-0.1, -0.05) is 36.0 Å². The van der Waals surface area contributed by atoms with Crippen LogP contribution in [0.1, 0.15) is 11.1 Å². The fourth-order valence-electron chi connectivity index (χ4n) is 4.09. The molecule has 0 bridgehead atoms. The number of aromatic nitrogens is 4. The van der Waals surface area contributed by atoms with Gasteiger partial charge in [0.2, 0.25) is 11.1 Å². The molecule has 37 heavy (non-hydrogen) atoms. The van der Waals surface area contributed by atoms with Crippen molar-refractivity contribution in [2.75, 3.05) is 18.6 Å². The second-order valence-electron chi connectivity index (χ2n) is 8.03. The molecule has 1 saturated heterocycles. The van der Waals surface area contributed by atoms with Gasteiger partial charge >= 0.3 is 11.9 Å². The molecule has 3 heterocycles. The number of carboxylic acids is 2. The molecule has 2 amide bonds. The molecule has 2 aliphatic rings. The Kier molecular flexibility index (Phi) is 7.82. The molecule has 1 unspecified atom stereocenters. The molecule has 4 rings (SSSR count). The minimum atomic E-state index is -1.72. The van der Waals surface area contributed by atoms with Crippen LogP contribution >= 0.6 is 23.5 Å². The number of thioether (sulfide) groups is 2. The van der Waals surface area contributed by atoms with Crippen LogP contribution in [0.5, 0.6) is 0 Å². The van der Waals surface area contributed by atoms with E-state index in [0.29, 0.717) is 11.1 Å². The zero-order valence-electron chi connectivity index (χ0n) is 19.5. The Labute approximate surface area is 218 Å². The summed E-state index contributed by atoms with van der Waals surface area (Å²) >= 11 is 2.30. The standard InChI is InChI=1S/C21H23N7O7S2/c1-35-21(23-14(29)6-11-4-2-3-5-12(11)7-22)18(34)28-16(17(32)33)13(9-36-19(21)28)10-37-20-24-25-26-27(20)8-15(30)31/h2-5,19H,6-10,22H2,1H3,(H,23,29)(H,30,31)(H,32,33)/t19-,21?/m1/s1. The third-order valence-corrected chi connectivity index (χ3v) is 8.23. The average molecular weight is 550 g/mol. The van der Waals surface area contributed by atoms with Crippen molar-refractivity contribution in [2.45, 2.75) is 35.8 Å². The van der Waals surface area contributed by atoms with Gasteiger partial charge in [-0.3, -0.25) is 19.3 Å². The number of amides is 2. The highest BCUT2D eigenvalue weighted by molar-refractivity contribution is 8.01. The average Bonchev–Trinajstić information content (AvgIpc) is 3.31. The van der Waals surface area contributed by atoms with Crippen LogP contribution in [-0.2, 0) is 43.4 Å². The van der Waals surface area contributed by atoms with Gasteiger partial charge in [-0.05, 0) is 27.1 Å². The summed E-state index contributed by atoms with van der Waals surface area (Å²) in [7, 11) is 1.28. The van der Waals surface area contributed by atoms with Gasteiger partial charge < -0.3 is 26.0 Å². The van der Waals surface area contributed by atoms with E-state index in [1.807, 2.05) is 12.1 Å². The number of ether oxygens (including phenoxy) is 1. The number of nitrogens with two attached hydrogens (primary N) is 1. The number of methoxy groups -OCH3 is 1. The first-order valence-corrected chi connectivity index (χ1v) is 12.9. The molecule has 16 heteroatoms. The molecule has 2 aliphatic heterocycles. The van der Waals surface area contributed by atoms with E-state index in [0.717, 1.165) is 26.9 Å². The summed E-state index contributed by atoms with van der Waals surface area (Å²) in [5, 5.41) is 31.8. The topological polar surface area (TPSA) is 203 Å². The summed E-state index contributed by atoms with van der Waals surface area (Å²) in [5.74, 6) is -3.29. The molecule has 2 aromatic rings. The fraction of sp³-hybridized carbons (Fsp3) is 0.381. The number of nitrogens with one attached hydrogen (secondary N) is 1. The maximum absolute atomic E-state index is 13.3. The fourth-order valence-corrected chi connectivity index (χ4v) is 6.54. The summed E-state index contributed by atoms with van der Waals surface area (Å²) in [5.41, 5.74) is 5.75. The Hall–Kier alpha value is -3.47. The summed E-state index contributed by atoms with van der Waals surface area (Å²) in [6.45, 7) is -0.201. The smallest absolute Gasteiger partial charge is 0.352 e. The molecular formula is C21H23N7O7S2. The third-order valence-electron chi connectivity index (χ3n) is 5.81. The normalized spacial score (nSPS) is 20.9. The number of hydrogen-bond acceptors (Lipinski definition) is 11. The Bertz CT molecular complexity index is 1280. The second kappa shape index (κ2) is 10.9. The predicted octanol–water partition coefficient (Wildman–Crippen LogP) is -0.736. The summed E-state index contributed by atoms with van der Waals surface area (Å²) < 4.78 is 6.56. The van der Waals surface area contributed by atoms with Crippen molar-refractivity contribution in [3.8, 4) is 0 Å². The lowest BCUT2D eigenvalue weighted by molar-refractivity contribution is -0.192. The number of aliphatic carboxylic acids is 2. The van der Waals surface area contributed by atoms with Gasteiger partial charge in [-0.2, -0.15) is 0 Å². The van der Waals surface area contributed by atoms with Crippen molar-refractivity contribution in [2.24, 2.45) is 5.73 Å². The first kappa shape index (κ1) is 26.6. The van der Waals surface area contributed by atoms with E-state index >= 15 is 0 Å². The largest absolute Gasteiger partial charge is 0.480 e. The SMILES string of the molecule is COC1(NC(=O)Cc2ccccc2CN)C(=O)N2C(C(=O)O)=C(CSc3nnnn3CC(=O)O)CS[C@@H]21. The molecule has 2 atom stereocenters. The third kappa shape index (κ3) is 5.04. The van der Waals surface area contributed by atoms with E-state index in [2.05, 4.69) is 20.8 Å². The summed E-state index contributed by atoms with van der Waals surface area (Å²) in [6.07, 6.45) is -0.0300. The van der Waals surface area contributed by atoms with Gasteiger partial charge in [-0.15, -0.1) is 16.9 Å². The van der Waals surface area contributed by atoms with Crippen LogP contribution in [0, 0.1) is 0 Å². The van der Waals surface area contributed by atoms with Crippen molar-refractivity contribution < 1.29 is 34.1 Å². The number of carbonyl (C=O) groups excluding carboxylic acids is 2. The monoisotopic (exact) mass is 549 g/mol. The number of tetrazole rings is 1. The summed E-state index contributed by atoms with van der Waals surface area (Å²) in [6, 6.07) is 7.18. The quantitative estimate of drug-likeness (QED) is 0.155. The minimum Gasteiger partial charge on any atom is -0.480 e. The molecule has 5 N–H and O–H groups in total. The molecular weight excluding hydrogens is 526 g/mol. The van der Waals surface area contributed by atoms with Crippen LogP contribution in [0.4, 0.5) is 0 Å².